The Balaban J connectivity index is 2.60. The summed E-state index contributed by atoms with van der Waals surface area (Å²) in [5.74, 6) is 0. The minimum absolute atomic E-state index is 0.856. The molecule has 0 radical (unpaired) electrons. The highest BCUT2D eigenvalue weighted by Gasteiger charge is 2.29. The third-order valence-corrected chi connectivity index (χ3v) is 1.98. The maximum absolute atomic E-state index is 9.44. The van der Waals surface area contributed by atoms with Gasteiger partial charge < -0.3 is 15.9 Å². The van der Waals surface area contributed by atoms with Crippen LogP contribution in [0.5, 0.6) is 0 Å². The summed E-state index contributed by atoms with van der Waals surface area (Å²) in [4.78, 5) is 0. The van der Waals surface area contributed by atoms with Crippen molar-refractivity contribution in [1.82, 2.24) is 0 Å². The quantitative estimate of drug-likeness (QED) is 0.394. The summed E-state index contributed by atoms with van der Waals surface area (Å²) in [6.07, 6.45) is 3.95. The minimum atomic E-state index is -1.49. The lowest BCUT2D eigenvalue weighted by Crippen LogP contribution is -2.48. The number of nitrogens with two attached hydrogens (primary N) is 1. The highest BCUT2D eigenvalue weighted by Crippen LogP contribution is 2.24. The van der Waals surface area contributed by atoms with Crippen molar-refractivity contribution in [2.45, 2.75) is 38.0 Å². The Hall–Kier alpha value is -0.380. The Bertz CT molecular complexity index is 169. The zero-order valence-electron chi connectivity index (χ0n) is 6.75. The Morgan fingerprint density at radius 3 is 2.73 bits per heavy atom. The fourth-order valence-corrected chi connectivity index (χ4v) is 1.32. The van der Waals surface area contributed by atoms with Crippen molar-refractivity contribution in [2.75, 3.05) is 0 Å². The van der Waals surface area contributed by atoms with Crippen molar-refractivity contribution in [1.29, 1.82) is 0 Å². The molecule has 0 aliphatic heterocycles. The number of hydrogen-bond acceptors (Lipinski definition) is 3. The van der Waals surface area contributed by atoms with Gasteiger partial charge in [0.2, 0.25) is 0 Å². The maximum Gasteiger partial charge on any atom is 0.140 e. The van der Waals surface area contributed by atoms with E-state index in [1.54, 1.807) is 0 Å². The Labute approximate surface area is 66.5 Å². The number of aliphatic hydroxyl groups excluding tert-OH is 1. The molecule has 3 heteroatoms. The Morgan fingerprint density at radius 1 is 1.73 bits per heavy atom. The van der Waals surface area contributed by atoms with E-state index >= 15 is 0 Å². The van der Waals surface area contributed by atoms with Crippen molar-refractivity contribution < 1.29 is 10.2 Å². The second-order valence-electron chi connectivity index (χ2n) is 3.30. The molecule has 0 aromatic heterocycles. The van der Waals surface area contributed by atoms with Crippen molar-refractivity contribution in [3.05, 3.63) is 11.6 Å². The van der Waals surface area contributed by atoms with Crippen LogP contribution in [-0.2, 0) is 0 Å². The normalized spacial score (nSPS) is 26.0. The van der Waals surface area contributed by atoms with Crippen LogP contribution in [0.25, 0.3) is 0 Å². The third-order valence-electron chi connectivity index (χ3n) is 1.98. The molecule has 11 heavy (non-hydrogen) atoms. The van der Waals surface area contributed by atoms with Crippen molar-refractivity contribution in [3.8, 4) is 0 Å². The Kier molecular flexibility index (Phi) is 2.32. The predicted octanol–water partition coefficient (Wildman–Crippen LogP) is 0.125. The van der Waals surface area contributed by atoms with Gasteiger partial charge in [0.05, 0.1) is 0 Å². The van der Waals surface area contributed by atoms with Gasteiger partial charge in [-0.1, -0.05) is 6.08 Å². The molecule has 1 aliphatic rings. The first kappa shape index (κ1) is 8.71. The van der Waals surface area contributed by atoms with E-state index in [0.717, 1.165) is 24.8 Å². The van der Waals surface area contributed by atoms with Gasteiger partial charge in [-0.2, -0.15) is 0 Å². The fraction of sp³-hybridized carbons (Fsp3) is 0.750. The minimum Gasteiger partial charge on any atom is -0.384 e. The second-order valence-corrected chi connectivity index (χ2v) is 3.30. The average molecular weight is 157 g/mol. The first-order chi connectivity index (χ1) is 5.02. The molecule has 0 amide bonds. The molecule has 1 aliphatic carbocycles. The first-order valence-electron chi connectivity index (χ1n) is 3.90. The molecule has 0 spiro atoms. The lowest BCUT2D eigenvalue weighted by atomic mass is 10.0. The topological polar surface area (TPSA) is 66.5 Å². The number of aliphatic hydroxyl groups is 2. The van der Waals surface area contributed by atoms with Crippen LogP contribution in [0.2, 0.25) is 0 Å². The lowest BCUT2D eigenvalue weighted by molar-refractivity contribution is -0.0389. The van der Waals surface area contributed by atoms with E-state index in [9.17, 15) is 10.2 Å². The molecule has 0 fully saturated rings. The molecule has 0 heterocycles. The zero-order valence-corrected chi connectivity index (χ0v) is 6.75. The smallest absolute Gasteiger partial charge is 0.140 e. The van der Waals surface area contributed by atoms with Crippen LogP contribution < -0.4 is 5.73 Å². The molecule has 2 atom stereocenters. The van der Waals surface area contributed by atoms with Gasteiger partial charge in [-0.3, -0.25) is 0 Å². The van der Waals surface area contributed by atoms with Crippen LogP contribution in [0.4, 0.5) is 0 Å². The van der Waals surface area contributed by atoms with E-state index in [4.69, 9.17) is 5.73 Å². The summed E-state index contributed by atoms with van der Waals surface area (Å²) in [5.41, 5.74) is 4.71. The molecule has 4 N–H and O–H groups in total. The zero-order chi connectivity index (χ0) is 8.48. The molecule has 0 aromatic rings. The summed E-state index contributed by atoms with van der Waals surface area (Å²) >= 11 is 0. The van der Waals surface area contributed by atoms with E-state index in [1.165, 1.54) is 6.92 Å². The van der Waals surface area contributed by atoms with E-state index < -0.39 is 11.8 Å². The number of allylic oxidation sites excluding steroid dienone is 1. The lowest BCUT2D eigenvalue weighted by Gasteiger charge is -2.25. The van der Waals surface area contributed by atoms with Crippen LogP contribution in [0.3, 0.4) is 0 Å². The van der Waals surface area contributed by atoms with Gasteiger partial charge in [0.25, 0.3) is 0 Å². The van der Waals surface area contributed by atoms with Crippen LogP contribution in [0.1, 0.15) is 26.2 Å². The largest absolute Gasteiger partial charge is 0.384 e. The van der Waals surface area contributed by atoms with Gasteiger partial charge in [-0.15, -0.1) is 0 Å². The molecule has 0 aromatic carbocycles. The van der Waals surface area contributed by atoms with Gasteiger partial charge in [0.1, 0.15) is 11.8 Å². The average Bonchev–Trinajstić information content (AvgIpc) is 2.34. The van der Waals surface area contributed by atoms with Gasteiger partial charge in [0, 0.05) is 0 Å². The summed E-state index contributed by atoms with van der Waals surface area (Å²) in [6, 6.07) is 0. The highest BCUT2D eigenvalue weighted by molar-refractivity contribution is 5.15. The van der Waals surface area contributed by atoms with E-state index in [2.05, 4.69) is 0 Å². The standard InChI is InChI=1S/C8H15NO2/c1-8(9,11)7(10)6-4-2-3-5-6/h4,7,10-11H,2-3,5,9H2,1H3. The second kappa shape index (κ2) is 2.93. The monoisotopic (exact) mass is 157 g/mol. The van der Waals surface area contributed by atoms with Crippen LogP contribution in [-0.4, -0.2) is 22.0 Å². The molecular formula is C8H15NO2. The molecule has 64 valence electrons. The van der Waals surface area contributed by atoms with Gasteiger partial charge in [-0.25, -0.2) is 0 Å². The Morgan fingerprint density at radius 2 is 2.36 bits per heavy atom. The van der Waals surface area contributed by atoms with Crippen LogP contribution in [0, 0.1) is 0 Å². The van der Waals surface area contributed by atoms with Crippen molar-refractivity contribution in [2.24, 2.45) is 5.73 Å². The number of hydrogen-bond donors (Lipinski definition) is 3. The van der Waals surface area contributed by atoms with Crippen molar-refractivity contribution >= 4 is 0 Å². The van der Waals surface area contributed by atoms with Crippen LogP contribution in [0.15, 0.2) is 11.6 Å². The molecule has 0 saturated heterocycles. The SMILES string of the molecule is CC(N)(O)C(O)C1=CCCC1. The summed E-state index contributed by atoms with van der Waals surface area (Å²) in [6.45, 7) is 1.41. The van der Waals surface area contributed by atoms with Gasteiger partial charge >= 0.3 is 0 Å². The maximum atomic E-state index is 9.44. The first-order valence-corrected chi connectivity index (χ1v) is 3.90. The molecule has 3 nitrogen and oxygen atoms in total. The van der Waals surface area contributed by atoms with Crippen molar-refractivity contribution in [3.63, 3.8) is 0 Å². The van der Waals surface area contributed by atoms with Gasteiger partial charge in [0.15, 0.2) is 0 Å². The molecule has 1 rings (SSSR count). The molecular weight excluding hydrogens is 142 g/mol. The predicted molar refractivity (Wildman–Crippen MR) is 42.8 cm³/mol. The third kappa shape index (κ3) is 2.02. The van der Waals surface area contributed by atoms with Gasteiger partial charge in [-0.05, 0) is 31.8 Å². The highest BCUT2D eigenvalue weighted by atomic mass is 16.4. The van der Waals surface area contributed by atoms with E-state index in [0.29, 0.717) is 0 Å². The van der Waals surface area contributed by atoms with E-state index in [1.807, 2.05) is 6.08 Å². The summed E-state index contributed by atoms with van der Waals surface area (Å²) in [7, 11) is 0. The number of rotatable bonds is 2. The molecule has 0 bridgehead atoms. The summed E-state index contributed by atoms with van der Waals surface area (Å²) in [5, 5.41) is 18.7. The van der Waals surface area contributed by atoms with E-state index in [-0.39, 0.29) is 0 Å². The van der Waals surface area contributed by atoms with Crippen LogP contribution >= 0.6 is 0 Å². The molecule has 0 saturated carbocycles. The molecule has 2 unspecified atom stereocenters. The fourth-order valence-electron chi connectivity index (χ4n) is 1.32. The summed E-state index contributed by atoms with van der Waals surface area (Å²) < 4.78 is 0.